The lowest BCUT2D eigenvalue weighted by Crippen LogP contribution is -1.76. The van der Waals surface area contributed by atoms with Crippen molar-refractivity contribution in [2.45, 2.75) is 0 Å². The third-order valence-electron chi connectivity index (χ3n) is 4.57. The van der Waals surface area contributed by atoms with Crippen molar-refractivity contribution >= 4 is 64.2 Å². The second kappa shape index (κ2) is 4.91. The van der Waals surface area contributed by atoms with Crippen LogP contribution in [0.4, 0.5) is 0 Å². The molecule has 3 heterocycles. The summed E-state index contributed by atoms with van der Waals surface area (Å²) in [5.74, 6) is 0. The first-order valence-electron chi connectivity index (χ1n) is 8.07. The highest BCUT2D eigenvalue weighted by atomic mass is 32.1. The summed E-state index contributed by atoms with van der Waals surface area (Å²) in [6, 6.07) is 23.0. The fourth-order valence-corrected chi connectivity index (χ4v) is 5.79. The summed E-state index contributed by atoms with van der Waals surface area (Å²) in [7, 11) is 0. The highest BCUT2D eigenvalue weighted by molar-refractivity contribution is 7.33. The van der Waals surface area contributed by atoms with E-state index in [0.29, 0.717) is 0 Å². The lowest BCUT2D eigenvalue weighted by molar-refractivity contribution is 0.670. The van der Waals surface area contributed by atoms with Gasteiger partial charge in [-0.25, -0.2) is 4.98 Å². The van der Waals surface area contributed by atoms with Crippen LogP contribution >= 0.6 is 22.7 Å². The number of rotatable bonds is 1. The molecule has 3 aromatic heterocycles. The Hall–Kier alpha value is -2.69. The van der Waals surface area contributed by atoms with Gasteiger partial charge in [0.25, 0.3) is 0 Å². The molecule has 0 N–H and O–H groups in total. The molecule has 3 aromatic carbocycles. The zero-order valence-corrected chi connectivity index (χ0v) is 14.7. The number of hydrogen-bond donors (Lipinski definition) is 0. The van der Waals surface area contributed by atoms with E-state index in [0.717, 1.165) is 37.3 Å². The van der Waals surface area contributed by atoms with Crippen molar-refractivity contribution in [3.63, 3.8) is 0 Å². The fourth-order valence-electron chi connectivity index (χ4n) is 3.42. The maximum absolute atomic E-state index is 6.17. The Morgan fingerprint density at radius 1 is 0.720 bits per heavy atom. The average Bonchev–Trinajstić information content (AvgIpc) is 3.31. The first-order chi connectivity index (χ1) is 12.4. The van der Waals surface area contributed by atoms with Crippen molar-refractivity contribution in [1.82, 2.24) is 4.98 Å². The third-order valence-corrected chi connectivity index (χ3v) is 6.88. The number of thiophene rings is 1. The molecule has 2 nitrogen and oxygen atoms in total. The van der Waals surface area contributed by atoms with Crippen LogP contribution in [-0.2, 0) is 0 Å². The van der Waals surface area contributed by atoms with Crippen molar-refractivity contribution in [3.8, 4) is 10.6 Å². The van der Waals surface area contributed by atoms with Gasteiger partial charge in [0, 0.05) is 20.9 Å². The minimum atomic E-state index is 0.925. The summed E-state index contributed by atoms with van der Waals surface area (Å²) in [5, 5.41) is 4.62. The predicted octanol–water partition coefficient (Wildman–Crippen LogP) is 7.08. The summed E-state index contributed by atoms with van der Waals surface area (Å²) in [5.41, 5.74) is 2.93. The molecule has 0 unspecified atom stereocenters. The van der Waals surface area contributed by atoms with E-state index >= 15 is 0 Å². The molecule has 6 aromatic rings. The lowest BCUT2D eigenvalue weighted by atomic mass is 10.1. The molecule has 0 radical (unpaired) electrons. The highest BCUT2D eigenvalue weighted by Gasteiger charge is 2.17. The molecule has 0 amide bonds. The van der Waals surface area contributed by atoms with Gasteiger partial charge in [-0.15, -0.1) is 22.7 Å². The summed E-state index contributed by atoms with van der Waals surface area (Å²) in [6.07, 6.45) is 0. The molecule has 25 heavy (non-hydrogen) atoms. The number of hydrogen-bond acceptors (Lipinski definition) is 4. The van der Waals surface area contributed by atoms with Crippen LogP contribution in [0.2, 0.25) is 0 Å². The number of benzene rings is 3. The number of fused-ring (bicyclic) bond motifs is 6. The van der Waals surface area contributed by atoms with Gasteiger partial charge in [-0.2, -0.15) is 0 Å². The first-order valence-corrected chi connectivity index (χ1v) is 9.70. The predicted molar refractivity (Wildman–Crippen MR) is 108 cm³/mol. The van der Waals surface area contributed by atoms with Crippen LogP contribution in [0.1, 0.15) is 0 Å². The Balaban J connectivity index is 1.67. The van der Waals surface area contributed by atoms with E-state index in [-0.39, 0.29) is 0 Å². The molecule has 6 rings (SSSR count). The van der Waals surface area contributed by atoms with E-state index in [1.807, 2.05) is 12.1 Å². The van der Waals surface area contributed by atoms with Gasteiger partial charge in [-0.1, -0.05) is 48.5 Å². The summed E-state index contributed by atoms with van der Waals surface area (Å²) < 4.78 is 8.73. The molecule has 0 bridgehead atoms. The maximum atomic E-state index is 6.17. The summed E-state index contributed by atoms with van der Waals surface area (Å²) in [4.78, 5) is 6.02. The van der Waals surface area contributed by atoms with Crippen molar-refractivity contribution in [2.24, 2.45) is 0 Å². The molecule has 0 aliphatic carbocycles. The number of nitrogens with zero attached hydrogens (tertiary/aromatic N) is 1. The van der Waals surface area contributed by atoms with Crippen molar-refractivity contribution < 1.29 is 4.42 Å². The van der Waals surface area contributed by atoms with Crippen LogP contribution in [0.15, 0.2) is 71.1 Å². The minimum Gasteiger partial charge on any atom is -0.455 e. The number of thiazole rings is 1. The van der Waals surface area contributed by atoms with Crippen molar-refractivity contribution in [2.75, 3.05) is 0 Å². The monoisotopic (exact) mass is 357 g/mol. The normalized spacial score (nSPS) is 12.0. The molecular formula is C21H11NOS2. The molecule has 0 spiro atoms. The van der Waals surface area contributed by atoms with Gasteiger partial charge >= 0.3 is 0 Å². The van der Waals surface area contributed by atoms with Gasteiger partial charge < -0.3 is 4.42 Å². The van der Waals surface area contributed by atoms with Crippen LogP contribution < -0.4 is 0 Å². The average molecular weight is 357 g/mol. The van der Waals surface area contributed by atoms with Crippen molar-refractivity contribution in [3.05, 3.63) is 66.7 Å². The van der Waals surface area contributed by atoms with E-state index in [4.69, 9.17) is 9.40 Å². The van der Waals surface area contributed by atoms with Crippen LogP contribution in [0.25, 0.3) is 52.1 Å². The first kappa shape index (κ1) is 13.6. The fraction of sp³-hybridized carbons (Fsp3) is 0. The number of furan rings is 1. The van der Waals surface area contributed by atoms with Crippen molar-refractivity contribution in [1.29, 1.82) is 0 Å². The van der Waals surface area contributed by atoms with Gasteiger partial charge in [0.05, 0.1) is 10.3 Å². The van der Waals surface area contributed by atoms with Crippen LogP contribution in [0.5, 0.6) is 0 Å². The van der Waals surface area contributed by atoms with Gasteiger partial charge in [0.2, 0.25) is 0 Å². The van der Waals surface area contributed by atoms with Gasteiger partial charge in [-0.05, 0) is 18.2 Å². The van der Waals surface area contributed by atoms with Gasteiger partial charge in [0.1, 0.15) is 21.0 Å². The van der Waals surface area contributed by atoms with E-state index in [1.165, 1.54) is 14.8 Å². The highest BCUT2D eigenvalue weighted by Crippen LogP contribution is 2.43. The molecule has 0 saturated heterocycles. The molecule has 118 valence electrons. The van der Waals surface area contributed by atoms with Gasteiger partial charge in [-0.3, -0.25) is 0 Å². The van der Waals surface area contributed by atoms with Crippen LogP contribution in [0, 0.1) is 0 Å². The smallest absolute Gasteiger partial charge is 0.145 e. The molecule has 0 atom stereocenters. The Bertz CT molecular complexity index is 1400. The Labute approximate surface area is 151 Å². The van der Waals surface area contributed by atoms with E-state index in [9.17, 15) is 0 Å². The molecule has 0 saturated carbocycles. The Morgan fingerprint density at radius 3 is 2.48 bits per heavy atom. The SMILES string of the molecule is c1ccc2c(c1)oc1c(-c3nc4sc5ccccc5c4s3)cccc12. The number of para-hydroxylation sites is 2. The lowest BCUT2D eigenvalue weighted by Gasteiger charge is -1.97. The topological polar surface area (TPSA) is 26.0 Å². The Morgan fingerprint density at radius 2 is 1.52 bits per heavy atom. The molecule has 0 aliphatic heterocycles. The standard InChI is InChI=1S/C21H11NOS2/c1-3-10-16-12(6-1)13-8-5-9-15(18(13)23-16)20-22-21-19(25-20)14-7-2-4-11-17(14)24-21/h1-11H. The quantitative estimate of drug-likeness (QED) is 0.314. The molecule has 4 heteroatoms. The maximum Gasteiger partial charge on any atom is 0.145 e. The zero-order chi connectivity index (χ0) is 16.4. The van der Waals surface area contributed by atoms with Crippen LogP contribution in [0.3, 0.4) is 0 Å². The molecular weight excluding hydrogens is 346 g/mol. The largest absolute Gasteiger partial charge is 0.455 e. The number of aromatic nitrogens is 1. The molecule has 0 fully saturated rings. The van der Waals surface area contributed by atoms with E-state index in [1.54, 1.807) is 22.7 Å². The second-order valence-electron chi connectivity index (χ2n) is 6.03. The summed E-state index contributed by atoms with van der Waals surface area (Å²) in [6.45, 7) is 0. The second-order valence-corrected chi connectivity index (χ2v) is 8.06. The van der Waals surface area contributed by atoms with Crippen LogP contribution in [-0.4, -0.2) is 4.98 Å². The third kappa shape index (κ3) is 1.86. The van der Waals surface area contributed by atoms with E-state index in [2.05, 4.69) is 54.6 Å². The Kier molecular flexibility index (Phi) is 2.67. The van der Waals surface area contributed by atoms with E-state index < -0.39 is 0 Å². The minimum absolute atomic E-state index is 0.925. The zero-order valence-electron chi connectivity index (χ0n) is 13.0. The molecule has 0 aliphatic rings. The summed E-state index contributed by atoms with van der Waals surface area (Å²) >= 11 is 3.51. The van der Waals surface area contributed by atoms with Gasteiger partial charge in [0.15, 0.2) is 0 Å².